The number of phenolic OH excluding ortho intramolecular Hbond substituents is 1. The Hall–Kier alpha value is -1.55. The molecule has 0 radical (unpaired) electrons. The average molecular weight is 223 g/mol. The lowest BCUT2D eigenvalue weighted by molar-refractivity contribution is -0.140. The number of carbonyl (C=O) groups is 1. The van der Waals surface area contributed by atoms with Crippen LogP contribution < -0.4 is 5.73 Å². The minimum atomic E-state index is -1.08. The number of phenols is 1. The second-order valence-corrected chi connectivity index (χ2v) is 4.56. The van der Waals surface area contributed by atoms with Crippen LogP contribution in [0, 0.1) is 6.92 Å². The highest BCUT2D eigenvalue weighted by Gasteiger charge is 2.35. The van der Waals surface area contributed by atoms with Gasteiger partial charge in [-0.3, -0.25) is 4.79 Å². The minimum absolute atomic E-state index is 0.0849. The number of aliphatic carboxylic acids is 1. The Balaban J connectivity index is 3.21. The topological polar surface area (TPSA) is 83.6 Å². The Morgan fingerprint density at radius 3 is 2.44 bits per heavy atom. The highest BCUT2D eigenvalue weighted by molar-refractivity contribution is 5.76. The van der Waals surface area contributed by atoms with Crippen molar-refractivity contribution in [2.24, 2.45) is 5.73 Å². The molecule has 0 aliphatic rings. The summed E-state index contributed by atoms with van der Waals surface area (Å²) in [7, 11) is 0. The molecule has 0 heterocycles. The van der Waals surface area contributed by atoms with Gasteiger partial charge in [0.1, 0.15) is 11.8 Å². The van der Waals surface area contributed by atoms with Gasteiger partial charge in [-0.25, -0.2) is 0 Å². The van der Waals surface area contributed by atoms with Crippen molar-refractivity contribution < 1.29 is 15.0 Å². The number of benzene rings is 1. The van der Waals surface area contributed by atoms with Crippen LogP contribution in [0.4, 0.5) is 0 Å². The minimum Gasteiger partial charge on any atom is -0.508 e. The summed E-state index contributed by atoms with van der Waals surface area (Å²) < 4.78 is 0. The fourth-order valence-corrected chi connectivity index (χ4v) is 1.66. The molecule has 1 aromatic rings. The first-order valence-electron chi connectivity index (χ1n) is 5.05. The first-order valence-corrected chi connectivity index (χ1v) is 5.05. The van der Waals surface area contributed by atoms with Crippen molar-refractivity contribution in [3.05, 3.63) is 29.3 Å². The molecule has 1 atom stereocenters. The summed E-state index contributed by atoms with van der Waals surface area (Å²) >= 11 is 0. The molecule has 88 valence electrons. The lowest BCUT2D eigenvalue weighted by Crippen LogP contribution is -2.46. The van der Waals surface area contributed by atoms with E-state index in [1.165, 1.54) is 0 Å². The van der Waals surface area contributed by atoms with Crippen molar-refractivity contribution in [2.75, 3.05) is 0 Å². The number of hydrogen-bond donors (Lipinski definition) is 3. The Bertz CT molecular complexity index is 413. The summed E-state index contributed by atoms with van der Waals surface area (Å²) in [5, 5.41) is 18.7. The van der Waals surface area contributed by atoms with E-state index in [0.717, 1.165) is 5.56 Å². The van der Waals surface area contributed by atoms with Gasteiger partial charge in [0, 0.05) is 11.0 Å². The van der Waals surface area contributed by atoms with E-state index in [1.54, 1.807) is 26.0 Å². The molecule has 0 saturated heterocycles. The van der Waals surface area contributed by atoms with Crippen LogP contribution in [0.5, 0.6) is 5.75 Å². The molecular formula is C12H17NO3. The van der Waals surface area contributed by atoms with E-state index < -0.39 is 17.4 Å². The molecule has 4 heteroatoms. The van der Waals surface area contributed by atoms with Crippen molar-refractivity contribution >= 4 is 5.97 Å². The van der Waals surface area contributed by atoms with Crippen LogP contribution in [0.25, 0.3) is 0 Å². The SMILES string of the molecule is Cc1ccc(C(C)(C)C(N)C(=O)O)c(O)c1. The fourth-order valence-electron chi connectivity index (χ4n) is 1.66. The van der Waals surface area contributed by atoms with Gasteiger partial charge in [-0.1, -0.05) is 26.0 Å². The van der Waals surface area contributed by atoms with E-state index in [9.17, 15) is 9.90 Å². The average Bonchev–Trinajstić information content (AvgIpc) is 2.15. The normalized spacial score (nSPS) is 13.5. The van der Waals surface area contributed by atoms with Crippen LogP contribution in [0.2, 0.25) is 0 Å². The predicted molar refractivity (Wildman–Crippen MR) is 61.5 cm³/mol. The molecule has 0 bridgehead atoms. The van der Waals surface area contributed by atoms with Crippen LogP contribution >= 0.6 is 0 Å². The van der Waals surface area contributed by atoms with Crippen LogP contribution in [-0.2, 0) is 10.2 Å². The lowest BCUT2D eigenvalue weighted by atomic mass is 9.77. The standard InChI is InChI=1S/C12H17NO3/c1-7-4-5-8(9(14)6-7)12(2,3)10(13)11(15)16/h4-6,10,14H,13H2,1-3H3,(H,15,16). The van der Waals surface area contributed by atoms with Gasteiger partial charge in [0.15, 0.2) is 0 Å². The molecule has 4 nitrogen and oxygen atoms in total. The molecule has 0 spiro atoms. The number of carboxylic acids is 1. The van der Waals surface area contributed by atoms with Gasteiger partial charge in [0.25, 0.3) is 0 Å². The molecule has 0 saturated carbocycles. The van der Waals surface area contributed by atoms with Crippen LogP contribution in [0.15, 0.2) is 18.2 Å². The van der Waals surface area contributed by atoms with E-state index in [0.29, 0.717) is 5.56 Å². The van der Waals surface area contributed by atoms with E-state index in [-0.39, 0.29) is 5.75 Å². The van der Waals surface area contributed by atoms with Gasteiger partial charge in [-0.15, -0.1) is 0 Å². The van der Waals surface area contributed by atoms with Crippen LogP contribution in [0.1, 0.15) is 25.0 Å². The summed E-state index contributed by atoms with van der Waals surface area (Å²) in [6, 6.07) is 4.09. The zero-order valence-electron chi connectivity index (χ0n) is 9.69. The number of rotatable bonds is 3. The number of aromatic hydroxyl groups is 1. The number of hydrogen-bond acceptors (Lipinski definition) is 3. The maximum absolute atomic E-state index is 10.9. The summed E-state index contributed by atoms with van der Waals surface area (Å²) in [4.78, 5) is 10.9. The fraction of sp³-hybridized carbons (Fsp3) is 0.417. The van der Waals surface area contributed by atoms with Crippen molar-refractivity contribution in [1.29, 1.82) is 0 Å². The first kappa shape index (κ1) is 12.5. The van der Waals surface area contributed by atoms with Gasteiger partial charge in [-0.05, 0) is 18.6 Å². The van der Waals surface area contributed by atoms with E-state index >= 15 is 0 Å². The number of carboxylic acid groups (broad SMARTS) is 1. The molecule has 0 fully saturated rings. The lowest BCUT2D eigenvalue weighted by Gasteiger charge is -2.29. The summed E-state index contributed by atoms with van der Waals surface area (Å²) in [6.07, 6.45) is 0. The third-order valence-corrected chi connectivity index (χ3v) is 2.89. The molecule has 1 unspecified atom stereocenters. The third kappa shape index (κ3) is 2.17. The molecule has 0 aromatic heterocycles. The maximum atomic E-state index is 10.9. The molecule has 0 amide bonds. The molecule has 1 aromatic carbocycles. The molecule has 4 N–H and O–H groups in total. The Kier molecular flexibility index (Phi) is 3.24. The molecule has 0 aliphatic heterocycles. The van der Waals surface area contributed by atoms with Crippen molar-refractivity contribution in [2.45, 2.75) is 32.2 Å². The van der Waals surface area contributed by atoms with Gasteiger partial charge >= 0.3 is 5.97 Å². The highest BCUT2D eigenvalue weighted by Crippen LogP contribution is 2.33. The quantitative estimate of drug-likeness (QED) is 0.723. The smallest absolute Gasteiger partial charge is 0.321 e. The Morgan fingerprint density at radius 2 is 2.00 bits per heavy atom. The van der Waals surface area contributed by atoms with Crippen LogP contribution in [-0.4, -0.2) is 22.2 Å². The number of aryl methyl sites for hydroxylation is 1. The monoisotopic (exact) mass is 223 g/mol. The zero-order chi connectivity index (χ0) is 12.5. The van der Waals surface area contributed by atoms with Gasteiger partial charge in [0.2, 0.25) is 0 Å². The summed E-state index contributed by atoms with van der Waals surface area (Å²) in [5.41, 5.74) is 6.27. The van der Waals surface area contributed by atoms with E-state index in [4.69, 9.17) is 10.8 Å². The van der Waals surface area contributed by atoms with Crippen LogP contribution in [0.3, 0.4) is 0 Å². The summed E-state index contributed by atoms with van der Waals surface area (Å²) in [5.74, 6) is -0.994. The largest absolute Gasteiger partial charge is 0.508 e. The van der Waals surface area contributed by atoms with Gasteiger partial charge < -0.3 is 15.9 Å². The molecular weight excluding hydrogens is 206 g/mol. The maximum Gasteiger partial charge on any atom is 0.321 e. The molecule has 0 aliphatic carbocycles. The third-order valence-electron chi connectivity index (χ3n) is 2.89. The first-order chi connectivity index (χ1) is 7.26. The zero-order valence-corrected chi connectivity index (χ0v) is 9.69. The summed E-state index contributed by atoms with van der Waals surface area (Å²) in [6.45, 7) is 5.26. The number of nitrogens with two attached hydrogens (primary N) is 1. The van der Waals surface area contributed by atoms with Crippen molar-refractivity contribution in [3.63, 3.8) is 0 Å². The highest BCUT2D eigenvalue weighted by atomic mass is 16.4. The van der Waals surface area contributed by atoms with Gasteiger partial charge in [-0.2, -0.15) is 0 Å². The second kappa shape index (κ2) is 4.14. The van der Waals surface area contributed by atoms with E-state index in [1.807, 2.05) is 13.0 Å². The van der Waals surface area contributed by atoms with Gasteiger partial charge in [0.05, 0.1) is 0 Å². The van der Waals surface area contributed by atoms with Crippen molar-refractivity contribution in [3.8, 4) is 5.75 Å². The van der Waals surface area contributed by atoms with Crippen molar-refractivity contribution in [1.82, 2.24) is 0 Å². The Labute approximate surface area is 94.7 Å². The predicted octanol–water partition coefficient (Wildman–Crippen LogP) is 1.39. The Morgan fingerprint density at radius 1 is 1.44 bits per heavy atom. The molecule has 16 heavy (non-hydrogen) atoms. The molecule has 1 rings (SSSR count). The second-order valence-electron chi connectivity index (χ2n) is 4.56. The van der Waals surface area contributed by atoms with E-state index in [2.05, 4.69) is 0 Å².